The van der Waals surface area contributed by atoms with Gasteiger partial charge in [0, 0.05) is 13.1 Å². The second-order valence-corrected chi connectivity index (χ2v) is 8.10. The number of hydrogen-bond acceptors (Lipinski definition) is 5. The van der Waals surface area contributed by atoms with Gasteiger partial charge in [0.05, 0.1) is 6.04 Å². The van der Waals surface area contributed by atoms with Gasteiger partial charge in [0.1, 0.15) is 10.5 Å². The summed E-state index contributed by atoms with van der Waals surface area (Å²) in [6, 6.07) is 3.22. The van der Waals surface area contributed by atoms with E-state index >= 15 is 0 Å². The Morgan fingerprint density at radius 2 is 2.29 bits per heavy atom. The molecule has 0 saturated carbocycles. The molecule has 1 atom stereocenters. The molecule has 6 nitrogen and oxygen atoms in total. The van der Waals surface area contributed by atoms with E-state index in [1.54, 1.807) is 28.1 Å². The Morgan fingerprint density at radius 3 is 3.00 bits per heavy atom. The van der Waals surface area contributed by atoms with Gasteiger partial charge in [-0.2, -0.15) is 4.31 Å². The number of rotatable bonds is 4. The molecule has 1 aliphatic heterocycles. The summed E-state index contributed by atoms with van der Waals surface area (Å²) >= 11 is 1.26. The SMILES string of the molecule is CCn1cnnc1[C@H]1CCCCN1S(=O)(=O)c1cccs1. The van der Waals surface area contributed by atoms with Gasteiger partial charge >= 0.3 is 0 Å². The average molecular weight is 326 g/mol. The number of nitrogens with zero attached hydrogens (tertiary/aromatic N) is 4. The topological polar surface area (TPSA) is 68.1 Å². The Hall–Kier alpha value is -1.25. The molecule has 114 valence electrons. The number of piperidine rings is 1. The number of aryl methyl sites for hydroxylation is 1. The molecule has 0 aliphatic carbocycles. The van der Waals surface area contributed by atoms with Gasteiger partial charge in [-0.15, -0.1) is 21.5 Å². The van der Waals surface area contributed by atoms with Gasteiger partial charge in [0.2, 0.25) is 0 Å². The van der Waals surface area contributed by atoms with Crippen LogP contribution in [-0.4, -0.2) is 34.0 Å². The zero-order valence-electron chi connectivity index (χ0n) is 11.8. The van der Waals surface area contributed by atoms with Crippen molar-refractivity contribution in [1.29, 1.82) is 0 Å². The number of sulfonamides is 1. The number of hydrogen-bond donors (Lipinski definition) is 0. The van der Waals surface area contributed by atoms with Gasteiger partial charge in [-0.1, -0.05) is 12.5 Å². The predicted octanol–water partition coefficient (Wildman–Crippen LogP) is 2.28. The van der Waals surface area contributed by atoms with E-state index in [9.17, 15) is 8.42 Å². The van der Waals surface area contributed by atoms with Crippen molar-refractivity contribution in [1.82, 2.24) is 19.1 Å². The standard InChI is InChI=1S/C13H18N4O2S2/c1-2-16-10-14-15-13(16)11-6-3-4-8-17(11)21(18,19)12-7-5-9-20-12/h5,7,9-11H,2-4,6,8H2,1H3/t11-/m1/s1. The van der Waals surface area contributed by atoms with Gasteiger partial charge in [-0.05, 0) is 31.2 Å². The minimum absolute atomic E-state index is 0.215. The molecular formula is C13H18N4O2S2. The molecule has 0 N–H and O–H groups in total. The van der Waals surface area contributed by atoms with Crippen LogP contribution in [0.5, 0.6) is 0 Å². The van der Waals surface area contributed by atoms with Crippen LogP contribution in [-0.2, 0) is 16.6 Å². The number of thiophene rings is 1. The van der Waals surface area contributed by atoms with Crippen molar-refractivity contribution < 1.29 is 8.42 Å². The fourth-order valence-electron chi connectivity index (χ4n) is 2.74. The van der Waals surface area contributed by atoms with E-state index in [0.29, 0.717) is 10.8 Å². The monoisotopic (exact) mass is 326 g/mol. The third kappa shape index (κ3) is 2.63. The molecule has 1 aliphatic rings. The summed E-state index contributed by atoms with van der Waals surface area (Å²) in [5, 5.41) is 9.90. The maximum atomic E-state index is 12.8. The molecule has 0 radical (unpaired) electrons. The van der Waals surface area contributed by atoms with Gasteiger partial charge < -0.3 is 4.57 Å². The minimum atomic E-state index is -3.45. The molecule has 3 heterocycles. The predicted molar refractivity (Wildman–Crippen MR) is 80.5 cm³/mol. The molecular weight excluding hydrogens is 308 g/mol. The van der Waals surface area contributed by atoms with Gasteiger partial charge in [0.15, 0.2) is 5.82 Å². The average Bonchev–Trinajstić information content (AvgIpc) is 3.18. The summed E-state index contributed by atoms with van der Waals surface area (Å²) in [5.41, 5.74) is 0. The lowest BCUT2D eigenvalue weighted by atomic mass is 10.0. The molecule has 1 saturated heterocycles. The summed E-state index contributed by atoms with van der Waals surface area (Å²) in [5.74, 6) is 0.748. The van der Waals surface area contributed by atoms with Crippen molar-refractivity contribution in [3.8, 4) is 0 Å². The molecule has 0 bridgehead atoms. The Kier molecular flexibility index (Phi) is 4.10. The Bertz CT molecular complexity index is 694. The van der Waals surface area contributed by atoms with E-state index in [2.05, 4.69) is 10.2 Å². The first kappa shape index (κ1) is 14.7. The molecule has 2 aromatic rings. The van der Waals surface area contributed by atoms with Crippen LogP contribution in [0, 0.1) is 0 Å². The van der Waals surface area contributed by atoms with E-state index in [-0.39, 0.29) is 6.04 Å². The first-order chi connectivity index (χ1) is 10.1. The van der Waals surface area contributed by atoms with Gasteiger partial charge in [-0.3, -0.25) is 0 Å². The van der Waals surface area contributed by atoms with E-state index in [4.69, 9.17) is 0 Å². The van der Waals surface area contributed by atoms with Crippen molar-refractivity contribution in [3.63, 3.8) is 0 Å². The van der Waals surface area contributed by atoms with Crippen molar-refractivity contribution in [3.05, 3.63) is 29.7 Å². The Morgan fingerprint density at radius 1 is 1.43 bits per heavy atom. The highest BCUT2D eigenvalue weighted by atomic mass is 32.2. The van der Waals surface area contributed by atoms with Gasteiger partial charge in [-0.25, -0.2) is 8.42 Å². The first-order valence-electron chi connectivity index (χ1n) is 7.07. The maximum Gasteiger partial charge on any atom is 0.253 e. The van der Waals surface area contributed by atoms with E-state index in [0.717, 1.165) is 31.6 Å². The fraction of sp³-hybridized carbons (Fsp3) is 0.538. The largest absolute Gasteiger partial charge is 0.317 e. The quantitative estimate of drug-likeness (QED) is 0.864. The molecule has 3 rings (SSSR count). The highest BCUT2D eigenvalue weighted by Crippen LogP contribution is 2.35. The molecule has 1 fully saturated rings. The van der Waals surface area contributed by atoms with Crippen molar-refractivity contribution >= 4 is 21.4 Å². The Labute approximate surface area is 128 Å². The van der Waals surface area contributed by atoms with Crippen LogP contribution in [0.15, 0.2) is 28.0 Å². The molecule has 0 unspecified atom stereocenters. The van der Waals surface area contributed by atoms with Crippen LogP contribution in [0.25, 0.3) is 0 Å². The van der Waals surface area contributed by atoms with Crippen LogP contribution in [0.3, 0.4) is 0 Å². The zero-order valence-corrected chi connectivity index (χ0v) is 13.5. The van der Waals surface area contributed by atoms with Crippen molar-refractivity contribution in [2.75, 3.05) is 6.54 Å². The summed E-state index contributed by atoms with van der Waals surface area (Å²) in [4.78, 5) is 0. The second-order valence-electron chi connectivity index (χ2n) is 5.03. The van der Waals surface area contributed by atoms with Crippen LogP contribution >= 0.6 is 11.3 Å². The molecule has 8 heteroatoms. The minimum Gasteiger partial charge on any atom is -0.317 e. The number of aromatic nitrogens is 3. The van der Waals surface area contributed by atoms with E-state index in [1.807, 2.05) is 11.5 Å². The van der Waals surface area contributed by atoms with Crippen LogP contribution < -0.4 is 0 Å². The molecule has 2 aromatic heterocycles. The van der Waals surface area contributed by atoms with Crippen molar-refractivity contribution in [2.45, 2.75) is 43.0 Å². The summed E-state index contributed by atoms with van der Waals surface area (Å²) < 4.78 is 29.6. The van der Waals surface area contributed by atoms with Crippen LogP contribution in [0.1, 0.15) is 38.1 Å². The van der Waals surface area contributed by atoms with E-state index < -0.39 is 10.0 Å². The fourth-order valence-corrected chi connectivity index (χ4v) is 5.52. The second kappa shape index (κ2) is 5.86. The van der Waals surface area contributed by atoms with Crippen LogP contribution in [0.4, 0.5) is 0 Å². The maximum absolute atomic E-state index is 12.8. The molecule has 0 spiro atoms. The highest BCUT2D eigenvalue weighted by molar-refractivity contribution is 7.91. The lowest BCUT2D eigenvalue weighted by Gasteiger charge is -2.33. The van der Waals surface area contributed by atoms with Crippen molar-refractivity contribution in [2.24, 2.45) is 0 Å². The third-order valence-electron chi connectivity index (χ3n) is 3.80. The normalized spacial score (nSPS) is 20.7. The zero-order chi connectivity index (χ0) is 14.9. The smallest absolute Gasteiger partial charge is 0.253 e. The van der Waals surface area contributed by atoms with E-state index in [1.165, 1.54) is 11.3 Å². The third-order valence-corrected chi connectivity index (χ3v) is 7.08. The lowest BCUT2D eigenvalue weighted by Crippen LogP contribution is -2.39. The molecule has 0 amide bonds. The first-order valence-corrected chi connectivity index (χ1v) is 9.39. The molecule has 21 heavy (non-hydrogen) atoms. The lowest BCUT2D eigenvalue weighted by molar-refractivity contribution is 0.241. The molecule has 0 aromatic carbocycles. The summed E-state index contributed by atoms with van der Waals surface area (Å²) in [7, 11) is -3.45. The Balaban J connectivity index is 1.99. The van der Waals surface area contributed by atoms with Gasteiger partial charge in [0.25, 0.3) is 10.0 Å². The highest BCUT2D eigenvalue weighted by Gasteiger charge is 2.37. The van der Waals surface area contributed by atoms with Crippen LogP contribution in [0.2, 0.25) is 0 Å². The summed E-state index contributed by atoms with van der Waals surface area (Å²) in [6.07, 6.45) is 4.36. The summed E-state index contributed by atoms with van der Waals surface area (Å²) in [6.45, 7) is 3.29.